The molecule has 0 saturated heterocycles. The summed E-state index contributed by atoms with van der Waals surface area (Å²) < 4.78 is 0. The third-order valence-corrected chi connectivity index (χ3v) is 5.68. The van der Waals surface area contributed by atoms with Crippen LogP contribution < -0.4 is 5.32 Å². The standard InChI is InChI=1S/C14H18Cl2N2OS/c1-9-11(15)7-17-14(13(9)16)18-12(19)8-20-10-5-3-2-4-6-10/h7,10H,2-6,8H2,1H3,(H,17,18,19). The van der Waals surface area contributed by atoms with Gasteiger partial charge in [-0.1, -0.05) is 42.5 Å². The molecule has 0 bridgehead atoms. The van der Waals surface area contributed by atoms with Crippen LogP contribution in [0, 0.1) is 6.92 Å². The van der Waals surface area contributed by atoms with Crippen molar-refractivity contribution in [1.82, 2.24) is 4.98 Å². The molecule has 20 heavy (non-hydrogen) atoms. The largest absolute Gasteiger partial charge is 0.309 e. The number of rotatable bonds is 4. The molecule has 0 radical (unpaired) electrons. The first-order valence-corrected chi connectivity index (χ1v) is 8.60. The second kappa shape index (κ2) is 7.53. The minimum atomic E-state index is -0.0586. The third-order valence-electron chi connectivity index (χ3n) is 3.46. The van der Waals surface area contributed by atoms with Crippen molar-refractivity contribution in [2.24, 2.45) is 0 Å². The number of pyridine rings is 1. The molecule has 1 amide bonds. The van der Waals surface area contributed by atoms with Gasteiger partial charge in [0, 0.05) is 11.4 Å². The Morgan fingerprint density at radius 1 is 1.40 bits per heavy atom. The average molecular weight is 333 g/mol. The number of carbonyl (C=O) groups is 1. The first-order valence-electron chi connectivity index (χ1n) is 6.80. The van der Waals surface area contributed by atoms with E-state index in [9.17, 15) is 4.79 Å². The van der Waals surface area contributed by atoms with Gasteiger partial charge in [-0.3, -0.25) is 4.79 Å². The molecule has 2 rings (SSSR count). The zero-order chi connectivity index (χ0) is 14.5. The highest BCUT2D eigenvalue weighted by molar-refractivity contribution is 8.00. The number of nitrogens with one attached hydrogen (secondary N) is 1. The molecule has 0 aromatic carbocycles. The maximum absolute atomic E-state index is 11.9. The Hall–Kier alpha value is -0.450. The fraction of sp³-hybridized carbons (Fsp3) is 0.571. The van der Waals surface area contributed by atoms with Crippen molar-refractivity contribution >= 4 is 46.7 Å². The maximum atomic E-state index is 11.9. The number of amides is 1. The van der Waals surface area contributed by atoms with Gasteiger partial charge in [-0.2, -0.15) is 0 Å². The molecule has 1 N–H and O–H groups in total. The molecule has 0 spiro atoms. The van der Waals surface area contributed by atoms with Gasteiger partial charge in [0.05, 0.1) is 15.8 Å². The highest BCUT2D eigenvalue weighted by Crippen LogP contribution is 2.30. The monoisotopic (exact) mass is 332 g/mol. The average Bonchev–Trinajstić information content (AvgIpc) is 2.47. The van der Waals surface area contributed by atoms with Crippen LogP contribution in [0.15, 0.2) is 6.20 Å². The van der Waals surface area contributed by atoms with Crippen molar-refractivity contribution in [3.8, 4) is 0 Å². The normalized spacial score (nSPS) is 16.1. The summed E-state index contributed by atoms with van der Waals surface area (Å²) in [4.78, 5) is 16.0. The summed E-state index contributed by atoms with van der Waals surface area (Å²) in [6.45, 7) is 1.80. The highest BCUT2D eigenvalue weighted by atomic mass is 35.5. The number of hydrogen-bond donors (Lipinski definition) is 1. The number of anilines is 1. The van der Waals surface area contributed by atoms with Gasteiger partial charge in [-0.05, 0) is 25.3 Å². The van der Waals surface area contributed by atoms with E-state index in [0.29, 0.717) is 26.9 Å². The number of hydrogen-bond acceptors (Lipinski definition) is 3. The molecule has 3 nitrogen and oxygen atoms in total. The Balaban J connectivity index is 1.86. The Bertz CT molecular complexity index is 490. The number of carbonyl (C=O) groups excluding carboxylic acids is 1. The number of halogens is 2. The predicted molar refractivity (Wildman–Crippen MR) is 87.0 cm³/mol. The molecule has 0 atom stereocenters. The second-order valence-corrected chi connectivity index (χ2v) is 7.09. The van der Waals surface area contributed by atoms with E-state index in [2.05, 4.69) is 10.3 Å². The van der Waals surface area contributed by atoms with Crippen LogP contribution in [0.25, 0.3) is 0 Å². The molecular formula is C14H18Cl2N2OS. The van der Waals surface area contributed by atoms with E-state index in [4.69, 9.17) is 23.2 Å². The summed E-state index contributed by atoms with van der Waals surface area (Å²) in [7, 11) is 0. The van der Waals surface area contributed by atoms with Crippen molar-refractivity contribution < 1.29 is 4.79 Å². The number of nitrogens with zero attached hydrogens (tertiary/aromatic N) is 1. The van der Waals surface area contributed by atoms with Gasteiger partial charge in [0.2, 0.25) is 5.91 Å². The lowest BCUT2D eigenvalue weighted by Crippen LogP contribution is -2.18. The fourth-order valence-corrected chi connectivity index (χ4v) is 3.75. The SMILES string of the molecule is Cc1c(Cl)cnc(NC(=O)CSC2CCCCC2)c1Cl. The van der Waals surface area contributed by atoms with Gasteiger partial charge in [0.25, 0.3) is 0 Å². The fourth-order valence-electron chi connectivity index (χ4n) is 2.24. The van der Waals surface area contributed by atoms with Crippen molar-refractivity contribution in [3.05, 3.63) is 21.8 Å². The lowest BCUT2D eigenvalue weighted by Gasteiger charge is -2.20. The van der Waals surface area contributed by atoms with Crippen molar-refractivity contribution in [2.75, 3.05) is 11.1 Å². The van der Waals surface area contributed by atoms with E-state index < -0.39 is 0 Å². The summed E-state index contributed by atoms with van der Waals surface area (Å²) in [6.07, 6.45) is 7.83. The van der Waals surface area contributed by atoms with E-state index in [0.717, 1.165) is 5.56 Å². The predicted octanol–water partition coefficient (Wildman–Crippen LogP) is 4.70. The third kappa shape index (κ3) is 4.27. The number of aromatic nitrogens is 1. The van der Waals surface area contributed by atoms with E-state index in [1.807, 2.05) is 0 Å². The summed E-state index contributed by atoms with van der Waals surface area (Å²) >= 11 is 13.8. The molecular weight excluding hydrogens is 315 g/mol. The molecule has 1 aromatic heterocycles. The van der Waals surface area contributed by atoms with Gasteiger partial charge in [0.15, 0.2) is 5.82 Å². The van der Waals surface area contributed by atoms with Crippen LogP contribution >= 0.6 is 35.0 Å². The minimum absolute atomic E-state index is 0.0586. The quantitative estimate of drug-likeness (QED) is 0.868. The van der Waals surface area contributed by atoms with Crippen molar-refractivity contribution in [2.45, 2.75) is 44.3 Å². The highest BCUT2D eigenvalue weighted by Gasteiger charge is 2.16. The zero-order valence-corrected chi connectivity index (χ0v) is 13.7. The first-order chi connectivity index (χ1) is 9.58. The summed E-state index contributed by atoms with van der Waals surface area (Å²) in [5, 5.41) is 4.29. The maximum Gasteiger partial charge on any atom is 0.235 e. The molecule has 1 fully saturated rings. The van der Waals surface area contributed by atoms with Gasteiger partial charge in [0.1, 0.15) is 0 Å². The van der Waals surface area contributed by atoms with Crippen molar-refractivity contribution in [3.63, 3.8) is 0 Å². The van der Waals surface area contributed by atoms with Crippen LogP contribution in [0.2, 0.25) is 10.0 Å². The van der Waals surface area contributed by atoms with Crippen LogP contribution in [-0.4, -0.2) is 21.9 Å². The lowest BCUT2D eigenvalue weighted by atomic mass is 10.0. The Labute approximate surface area is 133 Å². The molecule has 1 aliphatic carbocycles. The lowest BCUT2D eigenvalue weighted by molar-refractivity contribution is -0.113. The Morgan fingerprint density at radius 2 is 2.10 bits per heavy atom. The van der Waals surface area contributed by atoms with Gasteiger partial charge >= 0.3 is 0 Å². The first kappa shape index (κ1) is 15.9. The van der Waals surface area contributed by atoms with Crippen LogP contribution in [0.1, 0.15) is 37.7 Å². The summed E-state index contributed by atoms with van der Waals surface area (Å²) in [5.74, 6) is 0.782. The smallest absolute Gasteiger partial charge is 0.235 e. The minimum Gasteiger partial charge on any atom is -0.309 e. The van der Waals surface area contributed by atoms with Crippen LogP contribution in [0.5, 0.6) is 0 Å². The van der Waals surface area contributed by atoms with Crippen LogP contribution in [0.3, 0.4) is 0 Å². The van der Waals surface area contributed by atoms with E-state index in [1.165, 1.54) is 38.3 Å². The van der Waals surface area contributed by atoms with Gasteiger partial charge in [-0.25, -0.2) is 4.98 Å². The van der Waals surface area contributed by atoms with E-state index in [-0.39, 0.29) is 5.91 Å². The Kier molecular flexibility index (Phi) is 6.00. The molecule has 1 aliphatic rings. The van der Waals surface area contributed by atoms with Crippen LogP contribution in [-0.2, 0) is 4.79 Å². The van der Waals surface area contributed by atoms with Gasteiger partial charge < -0.3 is 5.32 Å². The van der Waals surface area contributed by atoms with E-state index >= 15 is 0 Å². The molecule has 0 unspecified atom stereocenters. The summed E-state index contributed by atoms with van der Waals surface area (Å²) in [6, 6.07) is 0. The molecule has 1 aromatic rings. The Morgan fingerprint density at radius 3 is 2.80 bits per heavy atom. The molecule has 0 aliphatic heterocycles. The zero-order valence-electron chi connectivity index (χ0n) is 11.4. The van der Waals surface area contributed by atoms with Crippen molar-refractivity contribution in [1.29, 1.82) is 0 Å². The number of thioether (sulfide) groups is 1. The topological polar surface area (TPSA) is 42.0 Å². The molecule has 1 heterocycles. The second-order valence-electron chi connectivity index (χ2n) is 5.01. The van der Waals surface area contributed by atoms with Gasteiger partial charge in [-0.15, -0.1) is 11.8 Å². The molecule has 1 saturated carbocycles. The molecule has 110 valence electrons. The summed E-state index contributed by atoms with van der Waals surface area (Å²) in [5.41, 5.74) is 0.735. The molecule has 6 heteroatoms. The van der Waals surface area contributed by atoms with Crippen LogP contribution in [0.4, 0.5) is 5.82 Å². The van der Waals surface area contributed by atoms with E-state index in [1.54, 1.807) is 18.7 Å².